The SMILES string of the molecule is CCCCc1c2cccc(C#Cc3cccc4cc5c(C#Cc6cccc7c(CCCC)c8cccc(C#C[Si](C(C)C)(C(C)C)C(C)C)c8cc67)cccc5cc34)c2cc2c(C#C[Si](C(C)C)(C(C)C)C(C)C)cccc12. The zero-order valence-electron chi connectivity index (χ0n) is 49.4. The number of unbranched alkanes of at least 4 members (excludes halogenated alkanes) is 2. The van der Waals surface area contributed by atoms with Crippen molar-refractivity contribution >= 4 is 80.8 Å². The van der Waals surface area contributed by atoms with E-state index in [0.717, 1.165) is 93.5 Å². The highest BCUT2D eigenvalue weighted by molar-refractivity contribution is 6.91. The van der Waals surface area contributed by atoms with Crippen molar-refractivity contribution in [3.63, 3.8) is 0 Å². The Morgan fingerprint density at radius 2 is 0.551 bits per heavy atom. The molecule has 0 heterocycles. The topological polar surface area (TPSA) is 0 Å². The first kappa shape index (κ1) is 56.0. The average molecular weight is 1050 g/mol. The first-order valence-corrected chi connectivity index (χ1v) is 34.0. The first-order valence-electron chi connectivity index (χ1n) is 29.6. The molecule has 0 atom stereocenters. The minimum absolute atomic E-state index is 0.574. The molecule has 0 N–H and O–H groups in total. The maximum absolute atomic E-state index is 4.04. The van der Waals surface area contributed by atoms with Gasteiger partial charge in [-0.25, -0.2) is 0 Å². The van der Waals surface area contributed by atoms with Gasteiger partial charge in [-0.05, 0) is 195 Å². The van der Waals surface area contributed by atoms with Crippen LogP contribution in [0.3, 0.4) is 0 Å². The van der Waals surface area contributed by atoms with Gasteiger partial charge < -0.3 is 0 Å². The van der Waals surface area contributed by atoms with Crippen LogP contribution in [-0.2, 0) is 12.8 Å². The molecule has 0 bridgehead atoms. The predicted octanol–water partition coefficient (Wildman–Crippen LogP) is 21.2. The Kier molecular flexibility index (Phi) is 17.0. The number of fused-ring (bicyclic) bond motifs is 6. The number of benzene rings is 9. The summed E-state index contributed by atoms with van der Waals surface area (Å²) in [6.45, 7) is 33.4. The maximum atomic E-state index is 4.04. The van der Waals surface area contributed by atoms with Gasteiger partial charge in [-0.1, -0.05) is 218 Å². The minimum Gasteiger partial charge on any atom is -0.125 e. The smallest absolute Gasteiger partial charge is 0.125 e. The molecule has 0 aliphatic heterocycles. The molecule has 2 heteroatoms. The fourth-order valence-electron chi connectivity index (χ4n) is 14.0. The fourth-order valence-corrected chi connectivity index (χ4v) is 24.4. The van der Waals surface area contributed by atoms with E-state index in [4.69, 9.17) is 0 Å². The van der Waals surface area contributed by atoms with Crippen molar-refractivity contribution in [3.05, 3.63) is 178 Å². The summed E-state index contributed by atoms with van der Waals surface area (Å²) in [4.78, 5) is 0. The van der Waals surface area contributed by atoms with Crippen molar-refractivity contribution in [1.29, 1.82) is 0 Å². The van der Waals surface area contributed by atoms with Crippen molar-refractivity contribution in [3.8, 4) is 46.6 Å². The van der Waals surface area contributed by atoms with Crippen LogP contribution in [0.25, 0.3) is 64.6 Å². The molecular formula is C76H82Si2. The average Bonchev–Trinajstić information content (AvgIpc) is 3.54. The van der Waals surface area contributed by atoms with Crippen LogP contribution in [0.1, 0.15) is 167 Å². The lowest BCUT2D eigenvalue weighted by atomic mass is 9.90. The minimum atomic E-state index is -1.94. The molecule has 9 aromatic rings. The van der Waals surface area contributed by atoms with E-state index in [0.29, 0.717) is 33.2 Å². The van der Waals surface area contributed by atoms with E-state index in [9.17, 15) is 0 Å². The van der Waals surface area contributed by atoms with Gasteiger partial charge in [-0.3, -0.25) is 0 Å². The van der Waals surface area contributed by atoms with E-state index in [1.165, 1.54) is 54.2 Å². The lowest BCUT2D eigenvalue weighted by Crippen LogP contribution is -2.43. The molecule has 78 heavy (non-hydrogen) atoms. The van der Waals surface area contributed by atoms with Gasteiger partial charge in [0.2, 0.25) is 0 Å². The Hall–Kier alpha value is -6.79. The number of rotatable bonds is 12. The van der Waals surface area contributed by atoms with Crippen molar-refractivity contribution in [2.75, 3.05) is 0 Å². The Morgan fingerprint density at radius 3 is 0.821 bits per heavy atom. The summed E-state index contributed by atoms with van der Waals surface area (Å²) in [5, 5.41) is 14.8. The summed E-state index contributed by atoms with van der Waals surface area (Å²) in [5.74, 6) is 22.6. The second-order valence-corrected chi connectivity index (χ2v) is 35.4. The van der Waals surface area contributed by atoms with E-state index in [1.54, 1.807) is 0 Å². The van der Waals surface area contributed by atoms with Gasteiger partial charge in [-0.15, -0.1) is 11.1 Å². The van der Waals surface area contributed by atoms with Gasteiger partial charge in [-0.2, -0.15) is 0 Å². The zero-order valence-corrected chi connectivity index (χ0v) is 51.4. The molecule has 0 nitrogen and oxygen atoms in total. The van der Waals surface area contributed by atoms with Crippen LogP contribution in [0, 0.1) is 46.6 Å². The molecule has 9 aromatic carbocycles. The molecule has 394 valence electrons. The van der Waals surface area contributed by atoms with E-state index in [2.05, 4.69) is 277 Å². The summed E-state index contributed by atoms with van der Waals surface area (Å²) in [6.07, 6.45) is 6.60. The Balaban J connectivity index is 1.14. The van der Waals surface area contributed by atoms with E-state index < -0.39 is 16.1 Å². The summed E-state index contributed by atoms with van der Waals surface area (Å²) < 4.78 is 0. The second kappa shape index (κ2) is 23.7. The summed E-state index contributed by atoms with van der Waals surface area (Å²) in [7, 11) is -3.88. The number of hydrogen-bond donors (Lipinski definition) is 0. The van der Waals surface area contributed by atoms with Crippen LogP contribution in [0.15, 0.2) is 133 Å². The van der Waals surface area contributed by atoms with Crippen molar-refractivity contribution < 1.29 is 0 Å². The fraction of sp³-hybridized carbons (Fsp3) is 0.342. The Bertz CT molecular complexity index is 3690. The van der Waals surface area contributed by atoms with Crippen LogP contribution in [0.5, 0.6) is 0 Å². The predicted molar refractivity (Wildman–Crippen MR) is 349 cm³/mol. The van der Waals surface area contributed by atoms with Crippen LogP contribution in [-0.4, -0.2) is 16.1 Å². The molecule has 0 amide bonds. The van der Waals surface area contributed by atoms with Gasteiger partial charge in [0.25, 0.3) is 0 Å². The van der Waals surface area contributed by atoms with Crippen molar-refractivity contribution in [1.82, 2.24) is 0 Å². The van der Waals surface area contributed by atoms with E-state index in [-0.39, 0.29) is 0 Å². The van der Waals surface area contributed by atoms with Crippen molar-refractivity contribution in [2.24, 2.45) is 0 Å². The Labute approximate surface area is 471 Å². The first-order chi connectivity index (χ1) is 37.5. The van der Waals surface area contributed by atoms with Crippen molar-refractivity contribution in [2.45, 2.75) is 169 Å². The number of aryl methyl sites for hydroxylation is 2. The van der Waals surface area contributed by atoms with E-state index in [1.807, 2.05) is 0 Å². The molecule has 0 saturated carbocycles. The molecule has 0 aliphatic carbocycles. The van der Waals surface area contributed by atoms with Crippen LogP contribution in [0.2, 0.25) is 33.2 Å². The molecule has 9 rings (SSSR count). The zero-order chi connectivity index (χ0) is 55.5. The third-order valence-corrected chi connectivity index (χ3v) is 30.5. The van der Waals surface area contributed by atoms with Gasteiger partial charge in [0.15, 0.2) is 0 Å². The van der Waals surface area contributed by atoms with Crippen LogP contribution < -0.4 is 0 Å². The van der Waals surface area contributed by atoms with Crippen LogP contribution in [0.4, 0.5) is 0 Å². The molecule has 0 unspecified atom stereocenters. The standard InChI is InChI=1S/C76H82Si2/c1-15-17-33-65-67-35-21-27-59(73(67)49-75-61(29-23-37-69(65)75)43-45-77(51(3)4,52(5)6)53(7)8)41-39-57-25-19-31-63-48-72-58(26-20-32-64(72)47-71(57)63)40-42-60-28-22-36-68-66(34-18-16-2)70-38-24-30-62(76(70)50-74(60)68)44-46-78(54(9)10,55(11)12)56(13)14/h19-32,35-38,47-56H,15-18,33-34H2,1-14H3. The number of hydrogen-bond acceptors (Lipinski definition) is 0. The van der Waals surface area contributed by atoms with Gasteiger partial charge in [0, 0.05) is 33.4 Å². The highest BCUT2D eigenvalue weighted by atomic mass is 28.3. The lowest BCUT2D eigenvalue weighted by Gasteiger charge is -2.38. The lowest BCUT2D eigenvalue weighted by molar-refractivity contribution is 0.802. The molecule has 0 saturated heterocycles. The third-order valence-electron chi connectivity index (χ3n) is 18.0. The largest absolute Gasteiger partial charge is 0.146 e. The molecule has 0 spiro atoms. The third kappa shape index (κ3) is 10.5. The highest BCUT2D eigenvalue weighted by Crippen LogP contribution is 2.43. The molecule has 0 fully saturated rings. The van der Waals surface area contributed by atoms with E-state index >= 15 is 0 Å². The highest BCUT2D eigenvalue weighted by Gasteiger charge is 2.43. The molecule has 0 radical (unpaired) electrons. The maximum Gasteiger partial charge on any atom is 0.146 e. The molecule has 0 aromatic heterocycles. The summed E-state index contributed by atoms with van der Waals surface area (Å²) >= 11 is 0. The molecular weight excluding hydrogens is 969 g/mol. The second-order valence-electron chi connectivity index (χ2n) is 24.2. The molecule has 0 aliphatic rings. The van der Waals surface area contributed by atoms with Gasteiger partial charge in [0.05, 0.1) is 0 Å². The quantitative estimate of drug-likeness (QED) is 0.0650. The van der Waals surface area contributed by atoms with Crippen LogP contribution >= 0.6 is 0 Å². The Morgan fingerprint density at radius 1 is 0.295 bits per heavy atom. The summed E-state index contributed by atoms with van der Waals surface area (Å²) in [5.41, 5.74) is 20.8. The monoisotopic (exact) mass is 1050 g/mol. The normalized spacial score (nSPS) is 12.1. The summed E-state index contributed by atoms with van der Waals surface area (Å²) in [6, 6.07) is 49.5. The van der Waals surface area contributed by atoms with Gasteiger partial charge >= 0.3 is 0 Å². The van der Waals surface area contributed by atoms with Gasteiger partial charge in [0.1, 0.15) is 16.1 Å².